The molecule has 1 saturated heterocycles. The van der Waals surface area contributed by atoms with Crippen molar-refractivity contribution in [3.63, 3.8) is 0 Å². The van der Waals surface area contributed by atoms with Gasteiger partial charge >= 0.3 is 0 Å². The molecule has 1 fully saturated rings. The van der Waals surface area contributed by atoms with E-state index in [-0.39, 0.29) is 16.4 Å². The van der Waals surface area contributed by atoms with Gasteiger partial charge in [-0.1, -0.05) is 24.4 Å². The molecular formula is C15H17N3O6S. The predicted octanol–water partition coefficient (Wildman–Crippen LogP) is -2.01. The molecule has 1 aromatic carbocycles. The Hall–Kier alpha value is -1.95. The van der Waals surface area contributed by atoms with E-state index in [4.69, 9.17) is 22.1 Å². The zero-order chi connectivity index (χ0) is 18.1. The van der Waals surface area contributed by atoms with Gasteiger partial charge < -0.3 is 35.5 Å². The number of nitrogens with zero attached hydrogens (tertiary/aromatic N) is 1. The van der Waals surface area contributed by atoms with E-state index in [1.54, 1.807) is 24.3 Å². The van der Waals surface area contributed by atoms with E-state index < -0.39 is 37.3 Å². The van der Waals surface area contributed by atoms with Gasteiger partial charge in [0.2, 0.25) is 0 Å². The molecule has 5 atom stereocenters. The van der Waals surface area contributed by atoms with Gasteiger partial charge in [0.1, 0.15) is 29.3 Å². The highest BCUT2D eigenvalue weighted by Crippen LogP contribution is 2.20. The average molecular weight is 367 g/mol. The summed E-state index contributed by atoms with van der Waals surface area (Å²) in [5, 5.41) is 42.1. The Morgan fingerprint density at radius 1 is 1.28 bits per heavy atom. The van der Waals surface area contributed by atoms with Gasteiger partial charge in [-0.25, -0.2) is 4.98 Å². The van der Waals surface area contributed by atoms with E-state index in [9.17, 15) is 20.1 Å². The molecule has 5 unspecified atom stereocenters. The number of rotatable bonds is 3. The Morgan fingerprint density at radius 2 is 2.00 bits per heavy atom. The van der Waals surface area contributed by atoms with Crippen LogP contribution in [0.2, 0.25) is 0 Å². The lowest BCUT2D eigenvalue weighted by Gasteiger charge is -2.40. The first-order valence-corrected chi connectivity index (χ1v) is 7.93. The summed E-state index contributed by atoms with van der Waals surface area (Å²) in [6, 6.07) is 5.54. The Bertz CT molecular complexity index is 843. The monoisotopic (exact) mass is 367 g/mol. The number of H-pyrrole nitrogens is 1. The number of aromatic amines is 1. The van der Waals surface area contributed by atoms with Gasteiger partial charge in [-0.05, 0) is 12.1 Å². The van der Waals surface area contributed by atoms with Gasteiger partial charge in [-0.15, -0.1) is 0 Å². The zero-order valence-corrected chi connectivity index (χ0v) is 13.7. The van der Waals surface area contributed by atoms with Crippen molar-refractivity contribution >= 4 is 28.1 Å². The number of thiocarbonyl (C=S) groups is 1. The van der Waals surface area contributed by atoms with Gasteiger partial charge in [0.15, 0.2) is 12.1 Å². The second-order valence-electron chi connectivity index (χ2n) is 5.66. The summed E-state index contributed by atoms with van der Waals surface area (Å²) >= 11 is 5.17. The van der Waals surface area contributed by atoms with Crippen LogP contribution in [0, 0.1) is 0 Å². The maximum Gasteiger partial charge on any atom is 0.259 e. The third kappa shape index (κ3) is 3.40. The highest BCUT2D eigenvalue weighted by atomic mass is 32.1. The number of aliphatic hydroxyl groups is 4. The first-order chi connectivity index (χ1) is 11.9. The zero-order valence-electron chi connectivity index (χ0n) is 12.9. The minimum absolute atomic E-state index is 0.0378. The largest absolute Gasteiger partial charge is 0.394 e. The van der Waals surface area contributed by atoms with Crippen molar-refractivity contribution in [2.45, 2.75) is 30.6 Å². The normalized spacial score (nSPS) is 29.5. The fraction of sp³-hybridized carbons (Fsp3) is 0.400. The summed E-state index contributed by atoms with van der Waals surface area (Å²) in [7, 11) is 0. The summed E-state index contributed by atoms with van der Waals surface area (Å²) in [5.74, 6) is 0.0527. The van der Waals surface area contributed by atoms with E-state index in [2.05, 4.69) is 15.3 Å². The second kappa shape index (κ2) is 7.12. The Labute approximate surface area is 146 Å². The fourth-order valence-electron chi connectivity index (χ4n) is 2.67. The van der Waals surface area contributed by atoms with Crippen LogP contribution < -0.4 is 10.9 Å². The Kier molecular flexibility index (Phi) is 5.08. The summed E-state index contributed by atoms with van der Waals surface area (Å²) in [4.78, 5) is 18.8. The van der Waals surface area contributed by atoms with Gasteiger partial charge in [-0.2, -0.15) is 0 Å². The van der Waals surface area contributed by atoms with Crippen LogP contribution in [0.25, 0.3) is 10.9 Å². The van der Waals surface area contributed by atoms with Crippen molar-refractivity contribution in [1.82, 2.24) is 15.3 Å². The number of aromatic nitrogens is 2. The number of ether oxygens (including phenoxy) is 1. The summed E-state index contributed by atoms with van der Waals surface area (Å²) in [6.07, 6.45) is -5.51. The summed E-state index contributed by atoms with van der Waals surface area (Å²) in [6.45, 7) is -0.563. The molecule has 9 nitrogen and oxygen atoms in total. The summed E-state index contributed by atoms with van der Waals surface area (Å²) in [5.41, 5.74) is 0.0536. The lowest BCUT2D eigenvalue weighted by molar-refractivity contribution is -0.251. The van der Waals surface area contributed by atoms with Crippen LogP contribution in [-0.4, -0.2) is 72.6 Å². The van der Waals surface area contributed by atoms with Crippen molar-refractivity contribution < 1.29 is 25.2 Å². The molecule has 0 amide bonds. The fourth-order valence-corrected chi connectivity index (χ4v) is 2.90. The van der Waals surface area contributed by atoms with Crippen molar-refractivity contribution in [1.29, 1.82) is 0 Å². The third-order valence-electron chi connectivity index (χ3n) is 4.03. The molecule has 10 heteroatoms. The van der Waals surface area contributed by atoms with E-state index in [0.717, 1.165) is 0 Å². The quantitative estimate of drug-likeness (QED) is 0.338. The first-order valence-electron chi connectivity index (χ1n) is 7.53. The number of nitrogens with one attached hydrogen (secondary N) is 2. The van der Waals surface area contributed by atoms with Crippen molar-refractivity contribution in [3.05, 3.63) is 40.4 Å². The number of hydrogen-bond donors (Lipinski definition) is 6. The standard InChI is InChI=1S/C15H17N3O6S/c19-5-8-10(20)11(21)9(15(23)24-8)17-14(25)12-16-7-4-2-1-3-6(7)13(22)18-12/h1-4,8-11,15,19-21,23H,5H2,(H,17,25)(H,16,18,22). The molecule has 6 N–H and O–H groups in total. The molecule has 0 spiro atoms. The molecule has 0 radical (unpaired) electrons. The topological polar surface area (TPSA) is 148 Å². The van der Waals surface area contributed by atoms with Crippen LogP contribution in [0.1, 0.15) is 5.82 Å². The highest BCUT2D eigenvalue weighted by Gasteiger charge is 2.44. The maximum absolute atomic E-state index is 12.1. The lowest BCUT2D eigenvalue weighted by Crippen LogP contribution is -2.64. The minimum atomic E-state index is -1.53. The molecule has 25 heavy (non-hydrogen) atoms. The van der Waals surface area contributed by atoms with Crippen molar-refractivity contribution in [2.24, 2.45) is 0 Å². The van der Waals surface area contributed by atoms with Crippen LogP contribution in [-0.2, 0) is 4.74 Å². The maximum atomic E-state index is 12.1. The first kappa shape index (κ1) is 17.9. The van der Waals surface area contributed by atoms with E-state index in [1.807, 2.05) is 0 Å². The van der Waals surface area contributed by atoms with Gasteiger partial charge in [0.25, 0.3) is 5.56 Å². The molecule has 134 valence electrons. The summed E-state index contributed by atoms with van der Waals surface area (Å²) < 4.78 is 5.04. The molecule has 0 bridgehead atoms. The molecule has 3 rings (SSSR count). The van der Waals surface area contributed by atoms with Crippen LogP contribution in [0.4, 0.5) is 0 Å². The lowest BCUT2D eigenvalue weighted by atomic mass is 9.97. The van der Waals surface area contributed by atoms with Crippen LogP contribution in [0.5, 0.6) is 0 Å². The van der Waals surface area contributed by atoms with Gasteiger partial charge in [0, 0.05) is 0 Å². The van der Waals surface area contributed by atoms with E-state index in [1.165, 1.54) is 0 Å². The predicted molar refractivity (Wildman–Crippen MR) is 91.0 cm³/mol. The van der Waals surface area contributed by atoms with Crippen LogP contribution in [0.15, 0.2) is 29.1 Å². The van der Waals surface area contributed by atoms with Crippen molar-refractivity contribution in [2.75, 3.05) is 6.61 Å². The third-order valence-corrected chi connectivity index (χ3v) is 4.34. The molecule has 0 saturated carbocycles. The van der Waals surface area contributed by atoms with E-state index >= 15 is 0 Å². The van der Waals surface area contributed by atoms with Gasteiger partial charge in [-0.3, -0.25) is 4.79 Å². The molecule has 2 heterocycles. The van der Waals surface area contributed by atoms with E-state index in [0.29, 0.717) is 10.9 Å². The molecule has 1 aliphatic heterocycles. The highest BCUT2D eigenvalue weighted by molar-refractivity contribution is 7.80. The number of fused-ring (bicyclic) bond motifs is 1. The number of hydrogen-bond acceptors (Lipinski definition) is 8. The molecule has 0 aliphatic carbocycles. The Balaban J connectivity index is 1.83. The van der Waals surface area contributed by atoms with Crippen LogP contribution >= 0.6 is 12.2 Å². The number of aliphatic hydroxyl groups excluding tert-OH is 4. The van der Waals surface area contributed by atoms with Crippen molar-refractivity contribution in [3.8, 4) is 0 Å². The SMILES string of the molecule is O=c1[nH]c(C(=S)NC2C(O)OC(CO)C(O)C2O)nc2ccccc12. The number of benzene rings is 1. The number of para-hydroxylation sites is 1. The van der Waals surface area contributed by atoms with Gasteiger partial charge in [0.05, 0.1) is 17.5 Å². The Morgan fingerprint density at radius 3 is 2.72 bits per heavy atom. The smallest absolute Gasteiger partial charge is 0.259 e. The van der Waals surface area contributed by atoms with Crippen LogP contribution in [0.3, 0.4) is 0 Å². The minimum Gasteiger partial charge on any atom is -0.394 e. The average Bonchev–Trinajstić information content (AvgIpc) is 2.61. The molecule has 2 aromatic rings. The molecule has 1 aromatic heterocycles. The molecular weight excluding hydrogens is 350 g/mol. The second-order valence-corrected chi connectivity index (χ2v) is 6.07. The molecule has 1 aliphatic rings.